The number of aromatic nitrogens is 2. The average Bonchev–Trinajstić information content (AvgIpc) is 3.08. The Kier molecular flexibility index (Phi) is 6.13. The van der Waals surface area contributed by atoms with Gasteiger partial charge in [-0.05, 0) is 58.5 Å². The summed E-state index contributed by atoms with van der Waals surface area (Å²) in [6, 6.07) is 5.60. The van der Waals surface area contributed by atoms with E-state index in [9.17, 15) is 0 Å². The highest BCUT2D eigenvalue weighted by Crippen LogP contribution is 2.30. The molecule has 0 unspecified atom stereocenters. The number of hydrogen-bond donors (Lipinski definition) is 2. The normalized spacial score (nSPS) is 11.8. The Morgan fingerprint density at radius 1 is 1.15 bits per heavy atom. The smallest absolute Gasteiger partial charge is 0.171 e. The van der Waals surface area contributed by atoms with E-state index < -0.39 is 0 Å². The number of ether oxygens (including phenoxy) is 2. The summed E-state index contributed by atoms with van der Waals surface area (Å²) in [7, 11) is 3.22. The third kappa shape index (κ3) is 5.11. The molecule has 0 bridgehead atoms. The SMILES string of the molecule is COc1ccc(NC(=S)NC(C)(C)CC(C)(C)n2ccnc2)cc1OC. The van der Waals surface area contributed by atoms with Crippen molar-refractivity contribution in [1.29, 1.82) is 0 Å². The summed E-state index contributed by atoms with van der Waals surface area (Å²) in [6.07, 6.45) is 6.49. The summed E-state index contributed by atoms with van der Waals surface area (Å²) in [5.41, 5.74) is 0.533. The highest BCUT2D eigenvalue weighted by Gasteiger charge is 2.30. The average molecular weight is 377 g/mol. The Morgan fingerprint density at radius 3 is 2.42 bits per heavy atom. The molecule has 0 saturated heterocycles. The molecule has 1 heterocycles. The zero-order valence-electron chi connectivity index (χ0n) is 16.3. The van der Waals surface area contributed by atoms with Crippen LogP contribution >= 0.6 is 12.2 Å². The Bertz CT molecular complexity index is 742. The van der Waals surface area contributed by atoms with E-state index in [4.69, 9.17) is 21.7 Å². The first-order valence-corrected chi connectivity index (χ1v) is 8.87. The first-order valence-electron chi connectivity index (χ1n) is 8.46. The molecular formula is C19H28N4O2S. The quantitative estimate of drug-likeness (QED) is 0.717. The fraction of sp³-hybridized carbons (Fsp3) is 0.474. The van der Waals surface area contributed by atoms with E-state index in [1.54, 1.807) is 20.4 Å². The topological polar surface area (TPSA) is 60.3 Å². The number of rotatable bonds is 7. The molecule has 0 atom stereocenters. The molecular weight excluding hydrogens is 348 g/mol. The van der Waals surface area contributed by atoms with E-state index >= 15 is 0 Å². The number of hydrogen-bond acceptors (Lipinski definition) is 4. The Labute approximate surface area is 160 Å². The van der Waals surface area contributed by atoms with Crippen LogP contribution in [0.4, 0.5) is 5.69 Å². The minimum atomic E-state index is -0.214. The van der Waals surface area contributed by atoms with Gasteiger partial charge in [0.25, 0.3) is 0 Å². The lowest BCUT2D eigenvalue weighted by Gasteiger charge is -2.37. The van der Waals surface area contributed by atoms with Gasteiger partial charge in [-0.25, -0.2) is 4.98 Å². The lowest BCUT2D eigenvalue weighted by Crippen LogP contribution is -2.49. The molecule has 6 nitrogen and oxygen atoms in total. The molecule has 1 aromatic heterocycles. The molecule has 26 heavy (non-hydrogen) atoms. The van der Waals surface area contributed by atoms with Gasteiger partial charge in [-0.2, -0.15) is 0 Å². The van der Waals surface area contributed by atoms with Gasteiger partial charge in [-0.1, -0.05) is 0 Å². The summed E-state index contributed by atoms with van der Waals surface area (Å²) in [4.78, 5) is 4.15. The van der Waals surface area contributed by atoms with Crippen molar-refractivity contribution in [2.45, 2.75) is 45.2 Å². The van der Waals surface area contributed by atoms with Crippen LogP contribution in [-0.4, -0.2) is 34.4 Å². The van der Waals surface area contributed by atoms with Crippen LogP contribution in [0.5, 0.6) is 11.5 Å². The van der Waals surface area contributed by atoms with Crippen molar-refractivity contribution in [3.8, 4) is 11.5 Å². The minimum absolute atomic E-state index is 0.0913. The van der Waals surface area contributed by atoms with Gasteiger partial charge in [0.15, 0.2) is 16.6 Å². The Morgan fingerprint density at radius 2 is 1.85 bits per heavy atom. The number of benzene rings is 1. The van der Waals surface area contributed by atoms with E-state index in [-0.39, 0.29) is 11.1 Å². The fourth-order valence-electron chi connectivity index (χ4n) is 3.22. The molecule has 1 aromatic carbocycles. The highest BCUT2D eigenvalue weighted by atomic mass is 32.1. The maximum Gasteiger partial charge on any atom is 0.171 e. The Hall–Kier alpha value is -2.28. The van der Waals surface area contributed by atoms with Gasteiger partial charge < -0.3 is 24.7 Å². The van der Waals surface area contributed by atoms with Crippen LogP contribution in [0.15, 0.2) is 36.9 Å². The zero-order chi connectivity index (χ0) is 19.4. The fourth-order valence-corrected chi connectivity index (χ4v) is 3.61. The molecule has 0 fully saturated rings. The number of anilines is 1. The summed E-state index contributed by atoms with van der Waals surface area (Å²) in [6.45, 7) is 8.63. The van der Waals surface area contributed by atoms with Gasteiger partial charge in [0, 0.05) is 35.2 Å². The van der Waals surface area contributed by atoms with E-state index in [0.29, 0.717) is 16.6 Å². The van der Waals surface area contributed by atoms with Gasteiger partial charge in [0.1, 0.15) is 0 Å². The van der Waals surface area contributed by atoms with Crippen molar-refractivity contribution in [3.63, 3.8) is 0 Å². The standard InChI is InChI=1S/C19H28N4O2S/c1-18(2,12-19(3,4)23-10-9-20-13-23)22-17(26)21-14-7-8-15(24-5)16(11-14)25-6/h7-11,13H,12H2,1-6H3,(H2,21,22,26). The molecule has 7 heteroatoms. The van der Waals surface area contributed by atoms with Crippen LogP contribution < -0.4 is 20.1 Å². The molecule has 0 spiro atoms. The third-order valence-electron chi connectivity index (χ3n) is 4.17. The van der Waals surface area contributed by atoms with Crippen LogP contribution in [0.2, 0.25) is 0 Å². The molecule has 2 aromatic rings. The van der Waals surface area contributed by atoms with Crippen LogP contribution in [0, 0.1) is 0 Å². The van der Waals surface area contributed by atoms with Crippen molar-refractivity contribution in [2.75, 3.05) is 19.5 Å². The van der Waals surface area contributed by atoms with Crippen LogP contribution in [0.3, 0.4) is 0 Å². The molecule has 142 valence electrons. The summed E-state index contributed by atoms with van der Waals surface area (Å²) in [5, 5.41) is 7.17. The molecule has 0 aliphatic rings. The molecule has 0 radical (unpaired) electrons. The van der Waals surface area contributed by atoms with E-state index in [2.05, 4.69) is 47.9 Å². The van der Waals surface area contributed by atoms with Crippen LogP contribution in [-0.2, 0) is 5.54 Å². The van der Waals surface area contributed by atoms with E-state index in [0.717, 1.165) is 12.1 Å². The maximum absolute atomic E-state index is 5.50. The summed E-state index contributed by atoms with van der Waals surface area (Å²) >= 11 is 5.50. The summed E-state index contributed by atoms with van der Waals surface area (Å²) < 4.78 is 12.7. The maximum atomic E-state index is 5.50. The van der Waals surface area contributed by atoms with Gasteiger partial charge in [-0.3, -0.25) is 0 Å². The van der Waals surface area contributed by atoms with E-state index in [1.807, 2.05) is 30.7 Å². The number of nitrogens with one attached hydrogen (secondary N) is 2. The van der Waals surface area contributed by atoms with Crippen molar-refractivity contribution in [3.05, 3.63) is 36.9 Å². The molecule has 0 saturated carbocycles. The number of nitrogens with zero attached hydrogens (tertiary/aromatic N) is 2. The molecule has 2 rings (SSSR count). The Balaban J connectivity index is 2.02. The monoisotopic (exact) mass is 376 g/mol. The second-order valence-corrected chi connectivity index (χ2v) is 7.90. The first-order chi connectivity index (χ1) is 12.2. The molecule has 0 amide bonds. The predicted octanol–water partition coefficient (Wildman–Crippen LogP) is 3.79. The molecule has 0 aliphatic carbocycles. The van der Waals surface area contributed by atoms with Crippen molar-refractivity contribution in [1.82, 2.24) is 14.9 Å². The van der Waals surface area contributed by atoms with Crippen molar-refractivity contribution < 1.29 is 9.47 Å². The van der Waals surface area contributed by atoms with Crippen LogP contribution in [0.1, 0.15) is 34.1 Å². The second kappa shape index (κ2) is 7.95. The summed E-state index contributed by atoms with van der Waals surface area (Å²) in [5.74, 6) is 1.33. The number of imidazole rings is 1. The van der Waals surface area contributed by atoms with Gasteiger partial charge >= 0.3 is 0 Å². The predicted molar refractivity (Wildman–Crippen MR) is 109 cm³/mol. The minimum Gasteiger partial charge on any atom is -0.493 e. The first kappa shape index (κ1) is 20.0. The van der Waals surface area contributed by atoms with E-state index in [1.165, 1.54) is 0 Å². The lowest BCUT2D eigenvalue weighted by molar-refractivity contribution is 0.244. The van der Waals surface area contributed by atoms with Gasteiger partial charge in [0.2, 0.25) is 0 Å². The molecule has 0 aliphatic heterocycles. The third-order valence-corrected chi connectivity index (χ3v) is 4.38. The van der Waals surface area contributed by atoms with Crippen molar-refractivity contribution >= 4 is 23.0 Å². The number of thiocarbonyl (C=S) groups is 1. The highest BCUT2D eigenvalue weighted by molar-refractivity contribution is 7.80. The van der Waals surface area contributed by atoms with Crippen molar-refractivity contribution in [2.24, 2.45) is 0 Å². The number of methoxy groups -OCH3 is 2. The van der Waals surface area contributed by atoms with Gasteiger partial charge in [0.05, 0.1) is 20.5 Å². The van der Waals surface area contributed by atoms with Gasteiger partial charge in [-0.15, -0.1) is 0 Å². The lowest BCUT2D eigenvalue weighted by atomic mass is 9.87. The zero-order valence-corrected chi connectivity index (χ0v) is 17.1. The second-order valence-electron chi connectivity index (χ2n) is 7.49. The van der Waals surface area contributed by atoms with Crippen LogP contribution in [0.25, 0.3) is 0 Å². The largest absolute Gasteiger partial charge is 0.493 e. The molecule has 2 N–H and O–H groups in total.